The van der Waals surface area contributed by atoms with Gasteiger partial charge in [0, 0.05) is 12.6 Å². The molecule has 0 saturated carbocycles. The summed E-state index contributed by atoms with van der Waals surface area (Å²) in [6, 6.07) is 1.87. The minimum atomic E-state index is -0.849. The second-order valence-corrected chi connectivity index (χ2v) is 2.96. The highest BCUT2D eigenvalue weighted by atomic mass is 16.5. The van der Waals surface area contributed by atoms with E-state index in [1.54, 1.807) is 0 Å². The number of morpholine rings is 1. The largest absolute Gasteiger partial charge is 0.481 e. The molecule has 0 aliphatic carbocycles. The zero-order valence-electron chi connectivity index (χ0n) is 7.27. The van der Waals surface area contributed by atoms with E-state index in [0.29, 0.717) is 19.8 Å². The van der Waals surface area contributed by atoms with E-state index in [4.69, 9.17) is 15.1 Å². The van der Waals surface area contributed by atoms with Gasteiger partial charge in [0.25, 0.3) is 0 Å². The van der Waals surface area contributed by atoms with Gasteiger partial charge in [-0.1, -0.05) is 0 Å². The Morgan fingerprint density at radius 2 is 2.54 bits per heavy atom. The fourth-order valence-corrected chi connectivity index (χ4v) is 1.38. The average Bonchev–Trinajstić information content (AvgIpc) is 2.08. The van der Waals surface area contributed by atoms with Gasteiger partial charge in [-0.3, -0.25) is 9.69 Å². The lowest BCUT2D eigenvalue weighted by molar-refractivity contribution is -0.140. The summed E-state index contributed by atoms with van der Waals surface area (Å²) < 4.78 is 5.15. The zero-order chi connectivity index (χ0) is 9.68. The van der Waals surface area contributed by atoms with Crippen molar-refractivity contribution in [2.45, 2.75) is 12.5 Å². The molecule has 1 fully saturated rings. The maximum Gasteiger partial charge on any atom is 0.305 e. The second-order valence-electron chi connectivity index (χ2n) is 2.96. The molecule has 5 nitrogen and oxygen atoms in total. The molecule has 0 aromatic heterocycles. The lowest BCUT2D eigenvalue weighted by atomic mass is 10.1. The summed E-state index contributed by atoms with van der Waals surface area (Å²) >= 11 is 0. The van der Waals surface area contributed by atoms with Crippen LogP contribution in [-0.2, 0) is 9.53 Å². The monoisotopic (exact) mass is 184 g/mol. The van der Waals surface area contributed by atoms with Gasteiger partial charge in [0.1, 0.15) is 0 Å². The number of carboxylic acid groups (broad SMARTS) is 1. The normalized spacial score (nSPS) is 23.8. The van der Waals surface area contributed by atoms with E-state index in [2.05, 4.69) is 0 Å². The number of hydrogen-bond acceptors (Lipinski definition) is 4. The van der Waals surface area contributed by atoms with Crippen LogP contribution < -0.4 is 0 Å². The first kappa shape index (κ1) is 9.96. The summed E-state index contributed by atoms with van der Waals surface area (Å²) in [7, 11) is 0. The Bertz CT molecular complexity index is 224. The second kappa shape index (κ2) is 4.80. The van der Waals surface area contributed by atoms with E-state index in [1.807, 2.05) is 11.0 Å². The maximum absolute atomic E-state index is 10.5. The number of aliphatic carboxylic acids is 1. The Balaban J connectivity index is 2.47. The fourth-order valence-electron chi connectivity index (χ4n) is 1.38. The summed E-state index contributed by atoms with van der Waals surface area (Å²) in [5, 5.41) is 17.1. The van der Waals surface area contributed by atoms with Crippen LogP contribution in [0.1, 0.15) is 6.42 Å². The lowest BCUT2D eigenvalue weighted by Gasteiger charge is -2.32. The number of carbonyl (C=O) groups is 1. The van der Waals surface area contributed by atoms with E-state index < -0.39 is 5.97 Å². The van der Waals surface area contributed by atoms with Crippen molar-refractivity contribution in [2.24, 2.45) is 0 Å². The van der Waals surface area contributed by atoms with Crippen LogP contribution in [-0.4, -0.2) is 48.3 Å². The SMILES string of the molecule is N#CCN1CCOCC1CC(=O)O. The topological polar surface area (TPSA) is 73.6 Å². The fraction of sp³-hybridized carbons (Fsp3) is 0.750. The van der Waals surface area contributed by atoms with Crippen molar-refractivity contribution in [3.8, 4) is 6.07 Å². The van der Waals surface area contributed by atoms with Gasteiger partial charge in [-0.05, 0) is 0 Å². The molecule has 1 saturated heterocycles. The van der Waals surface area contributed by atoms with E-state index in [-0.39, 0.29) is 19.0 Å². The van der Waals surface area contributed by atoms with Crippen LogP contribution in [0.3, 0.4) is 0 Å². The third-order valence-electron chi connectivity index (χ3n) is 2.03. The molecule has 0 aromatic rings. The summed E-state index contributed by atoms with van der Waals surface area (Å²) in [5.74, 6) is -0.849. The molecule has 0 radical (unpaired) electrons. The van der Waals surface area contributed by atoms with Crippen molar-refractivity contribution in [2.75, 3.05) is 26.3 Å². The van der Waals surface area contributed by atoms with Gasteiger partial charge in [0.05, 0.1) is 32.2 Å². The van der Waals surface area contributed by atoms with Crippen LogP contribution in [0.15, 0.2) is 0 Å². The first-order valence-electron chi connectivity index (χ1n) is 4.14. The highest BCUT2D eigenvalue weighted by Crippen LogP contribution is 2.09. The molecule has 1 rings (SSSR count). The number of ether oxygens (including phenoxy) is 1. The lowest BCUT2D eigenvalue weighted by Crippen LogP contribution is -2.46. The Morgan fingerprint density at radius 3 is 3.15 bits per heavy atom. The van der Waals surface area contributed by atoms with Gasteiger partial charge in [-0.25, -0.2) is 0 Å². The molecular formula is C8H12N2O3. The van der Waals surface area contributed by atoms with E-state index >= 15 is 0 Å². The van der Waals surface area contributed by atoms with Crippen molar-refractivity contribution in [1.29, 1.82) is 5.26 Å². The molecule has 5 heteroatoms. The summed E-state index contributed by atoms with van der Waals surface area (Å²) in [5.41, 5.74) is 0. The molecule has 0 amide bonds. The quantitative estimate of drug-likeness (QED) is 0.609. The van der Waals surface area contributed by atoms with Crippen molar-refractivity contribution in [3.63, 3.8) is 0 Å². The van der Waals surface area contributed by atoms with Crippen LogP contribution in [0.25, 0.3) is 0 Å². The van der Waals surface area contributed by atoms with E-state index in [0.717, 1.165) is 0 Å². The molecule has 0 aromatic carbocycles. The van der Waals surface area contributed by atoms with Crippen molar-refractivity contribution < 1.29 is 14.6 Å². The van der Waals surface area contributed by atoms with Crippen molar-refractivity contribution >= 4 is 5.97 Å². The van der Waals surface area contributed by atoms with E-state index in [9.17, 15) is 4.79 Å². The third kappa shape index (κ3) is 3.01. The molecule has 1 unspecified atom stereocenters. The minimum Gasteiger partial charge on any atom is -0.481 e. The standard InChI is InChI=1S/C8H12N2O3/c9-1-2-10-3-4-13-6-7(10)5-8(11)12/h7H,2-6H2,(H,11,12). The van der Waals surface area contributed by atoms with E-state index in [1.165, 1.54) is 0 Å². The van der Waals surface area contributed by atoms with Gasteiger partial charge in [0.15, 0.2) is 0 Å². The first-order chi connectivity index (χ1) is 6.24. The molecule has 1 aliphatic heterocycles. The van der Waals surface area contributed by atoms with Gasteiger partial charge in [-0.15, -0.1) is 0 Å². The molecule has 13 heavy (non-hydrogen) atoms. The zero-order valence-corrected chi connectivity index (χ0v) is 7.27. The van der Waals surface area contributed by atoms with Crippen LogP contribution in [0.4, 0.5) is 0 Å². The first-order valence-corrected chi connectivity index (χ1v) is 4.14. The maximum atomic E-state index is 10.5. The number of nitriles is 1. The van der Waals surface area contributed by atoms with Crippen LogP contribution in [0.2, 0.25) is 0 Å². The van der Waals surface area contributed by atoms with Crippen molar-refractivity contribution in [1.82, 2.24) is 4.90 Å². The molecular weight excluding hydrogens is 172 g/mol. The minimum absolute atomic E-state index is 0.0433. The molecule has 1 aliphatic rings. The summed E-state index contributed by atoms with van der Waals surface area (Å²) in [6.07, 6.45) is 0.0433. The highest BCUT2D eigenvalue weighted by molar-refractivity contribution is 5.67. The van der Waals surface area contributed by atoms with Gasteiger partial charge < -0.3 is 9.84 Å². The molecule has 1 heterocycles. The Labute approximate surface area is 76.5 Å². The molecule has 0 spiro atoms. The summed E-state index contributed by atoms with van der Waals surface area (Å²) in [6.45, 7) is 1.92. The number of rotatable bonds is 3. The third-order valence-corrected chi connectivity index (χ3v) is 2.03. The Morgan fingerprint density at radius 1 is 1.77 bits per heavy atom. The Hall–Kier alpha value is -1.12. The van der Waals surface area contributed by atoms with Crippen LogP contribution in [0.5, 0.6) is 0 Å². The van der Waals surface area contributed by atoms with Crippen molar-refractivity contribution in [3.05, 3.63) is 0 Å². The van der Waals surface area contributed by atoms with Crippen LogP contribution >= 0.6 is 0 Å². The van der Waals surface area contributed by atoms with Gasteiger partial charge >= 0.3 is 5.97 Å². The molecule has 1 N–H and O–H groups in total. The molecule has 72 valence electrons. The number of hydrogen-bond donors (Lipinski definition) is 1. The van der Waals surface area contributed by atoms with Gasteiger partial charge in [-0.2, -0.15) is 5.26 Å². The smallest absolute Gasteiger partial charge is 0.305 e. The average molecular weight is 184 g/mol. The molecule has 0 bridgehead atoms. The predicted octanol–water partition coefficient (Wildman–Crippen LogP) is -0.315. The Kier molecular flexibility index (Phi) is 3.68. The van der Waals surface area contributed by atoms with Crippen LogP contribution in [0, 0.1) is 11.3 Å². The predicted molar refractivity (Wildman–Crippen MR) is 44.0 cm³/mol. The molecule has 1 atom stereocenters. The highest BCUT2D eigenvalue weighted by Gasteiger charge is 2.24. The summed E-state index contributed by atoms with van der Waals surface area (Å²) in [4.78, 5) is 12.3. The van der Waals surface area contributed by atoms with Gasteiger partial charge in [0.2, 0.25) is 0 Å². The number of carboxylic acids is 1. The number of nitrogens with zero attached hydrogens (tertiary/aromatic N) is 2.